The summed E-state index contributed by atoms with van der Waals surface area (Å²) in [6.07, 6.45) is 9.42. The average Bonchev–Trinajstić information content (AvgIpc) is 2.83. The molecule has 2 aliphatic heterocycles. The Labute approximate surface area is 137 Å². The van der Waals surface area contributed by atoms with E-state index in [1.165, 1.54) is 38.5 Å². The second-order valence-corrected chi connectivity index (χ2v) is 7.42. The maximum Gasteiger partial charge on any atom is 0.259 e. The van der Waals surface area contributed by atoms with Crippen LogP contribution in [-0.2, 0) is 13.0 Å². The van der Waals surface area contributed by atoms with Gasteiger partial charge in [0, 0.05) is 25.4 Å². The standard InChI is InChI=1S/C17H27N3OS/c1-2-3-6-9-14-15(19-10-7-4-5-8-11-19)18-17-20(16(14)21)12-13-22-17/h2-13H2,1H3. The molecule has 0 aliphatic carbocycles. The fourth-order valence-electron chi connectivity index (χ4n) is 3.41. The van der Waals surface area contributed by atoms with E-state index in [9.17, 15) is 4.79 Å². The molecule has 4 nitrogen and oxygen atoms in total. The van der Waals surface area contributed by atoms with E-state index >= 15 is 0 Å². The van der Waals surface area contributed by atoms with E-state index in [1.54, 1.807) is 11.8 Å². The predicted octanol–water partition coefficient (Wildman–Crippen LogP) is 3.46. The van der Waals surface area contributed by atoms with Crippen molar-refractivity contribution in [3.05, 3.63) is 15.9 Å². The lowest BCUT2D eigenvalue weighted by Crippen LogP contribution is -2.32. The number of aromatic nitrogens is 2. The minimum absolute atomic E-state index is 0.227. The van der Waals surface area contributed by atoms with Crippen molar-refractivity contribution < 1.29 is 0 Å². The van der Waals surface area contributed by atoms with E-state index in [-0.39, 0.29) is 5.56 Å². The quantitative estimate of drug-likeness (QED) is 0.615. The van der Waals surface area contributed by atoms with Gasteiger partial charge in [0.2, 0.25) is 0 Å². The highest BCUT2D eigenvalue weighted by molar-refractivity contribution is 7.99. The molecule has 2 aliphatic rings. The fraction of sp³-hybridized carbons (Fsp3) is 0.765. The van der Waals surface area contributed by atoms with Crippen molar-refractivity contribution >= 4 is 17.6 Å². The van der Waals surface area contributed by atoms with Crippen molar-refractivity contribution in [3.63, 3.8) is 0 Å². The van der Waals surface area contributed by atoms with Gasteiger partial charge in [0.25, 0.3) is 5.56 Å². The lowest BCUT2D eigenvalue weighted by Gasteiger charge is -2.24. The first-order valence-corrected chi connectivity index (χ1v) is 9.81. The molecule has 0 aromatic carbocycles. The molecule has 0 atom stereocenters. The summed E-state index contributed by atoms with van der Waals surface area (Å²) in [5.41, 5.74) is 1.20. The van der Waals surface area contributed by atoms with Gasteiger partial charge in [-0.2, -0.15) is 0 Å². The van der Waals surface area contributed by atoms with Gasteiger partial charge in [-0.25, -0.2) is 4.98 Å². The van der Waals surface area contributed by atoms with E-state index < -0.39 is 0 Å². The first kappa shape index (κ1) is 15.9. The van der Waals surface area contributed by atoms with Gasteiger partial charge in [-0.3, -0.25) is 9.36 Å². The molecule has 0 radical (unpaired) electrons. The topological polar surface area (TPSA) is 38.1 Å². The van der Waals surface area contributed by atoms with Crippen LogP contribution in [0.1, 0.15) is 57.4 Å². The van der Waals surface area contributed by atoms with E-state index in [1.807, 2.05) is 4.57 Å². The van der Waals surface area contributed by atoms with Gasteiger partial charge < -0.3 is 4.90 Å². The maximum atomic E-state index is 12.9. The second-order valence-electron chi connectivity index (χ2n) is 6.36. The van der Waals surface area contributed by atoms with Gasteiger partial charge in [0.15, 0.2) is 5.16 Å². The summed E-state index contributed by atoms with van der Waals surface area (Å²) in [4.78, 5) is 20.2. The van der Waals surface area contributed by atoms with Crippen molar-refractivity contribution in [2.24, 2.45) is 0 Å². The van der Waals surface area contributed by atoms with Gasteiger partial charge in [0.1, 0.15) is 5.82 Å². The minimum atomic E-state index is 0.227. The number of rotatable bonds is 5. The molecular formula is C17H27N3OS. The molecule has 0 unspecified atom stereocenters. The second kappa shape index (κ2) is 7.53. The molecule has 5 heteroatoms. The van der Waals surface area contributed by atoms with Gasteiger partial charge in [0.05, 0.1) is 5.56 Å². The zero-order valence-electron chi connectivity index (χ0n) is 13.6. The number of unbranched alkanes of at least 4 members (excludes halogenated alkanes) is 2. The van der Waals surface area contributed by atoms with E-state index in [2.05, 4.69) is 11.8 Å². The van der Waals surface area contributed by atoms with Gasteiger partial charge in [-0.05, 0) is 25.7 Å². The van der Waals surface area contributed by atoms with Crippen LogP contribution in [0.25, 0.3) is 0 Å². The molecule has 3 heterocycles. The van der Waals surface area contributed by atoms with Crippen molar-refractivity contribution in [2.75, 3.05) is 23.7 Å². The first-order chi connectivity index (χ1) is 10.8. The SMILES string of the molecule is CCCCCc1c(N2CCCCCC2)nc2n(c1=O)CCS2. The van der Waals surface area contributed by atoms with E-state index in [4.69, 9.17) is 4.98 Å². The van der Waals surface area contributed by atoms with Crippen molar-refractivity contribution in [1.29, 1.82) is 0 Å². The Bertz CT molecular complexity index is 562. The van der Waals surface area contributed by atoms with Gasteiger partial charge in [-0.15, -0.1) is 0 Å². The third kappa shape index (κ3) is 3.34. The van der Waals surface area contributed by atoms with Crippen LogP contribution in [0.5, 0.6) is 0 Å². The summed E-state index contributed by atoms with van der Waals surface area (Å²) >= 11 is 1.73. The number of nitrogens with zero attached hydrogens (tertiary/aromatic N) is 3. The Morgan fingerprint density at radius 1 is 1.09 bits per heavy atom. The Hall–Kier alpha value is -0.970. The van der Waals surface area contributed by atoms with Crippen molar-refractivity contribution in [3.8, 4) is 0 Å². The monoisotopic (exact) mass is 321 g/mol. The maximum absolute atomic E-state index is 12.9. The van der Waals surface area contributed by atoms with Crippen LogP contribution >= 0.6 is 11.8 Å². The predicted molar refractivity (Wildman–Crippen MR) is 93.1 cm³/mol. The van der Waals surface area contributed by atoms with Crippen LogP contribution in [0, 0.1) is 0 Å². The van der Waals surface area contributed by atoms with Gasteiger partial charge >= 0.3 is 0 Å². The summed E-state index contributed by atoms with van der Waals surface area (Å²) in [5.74, 6) is 1.99. The summed E-state index contributed by atoms with van der Waals surface area (Å²) in [6, 6.07) is 0. The van der Waals surface area contributed by atoms with Crippen molar-refractivity contribution in [2.45, 2.75) is 70.0 Å². The molecular weight excluding hydrogens is 294 g/mol. The molecule has 1 aromatic rings. The van der Waals surface area contributed by atoms with Crippen molar-refractivity contribution in [1.82, 2.24) is 9.55 Å². The first-order valence-electron chi connectivity index (χ1n) is 8.82. The van der Waals surface area contributed by atoms with Crippen LogP contribution in [0.3, 0.4) is 0 Å². The fourth-order valence-corrected chi connectivity index (χ4v) is 4.35. The molecule has 0 saturated carbocycles. The Morgan fingerprint density at radius 2 is 1.86 bits per heavy atom. The molecule has 0 bridgehead atoms. The van der Waals surface area contributed by atoms with Crippen LogP contribution in [-0.4, -0.2) is 28.4 Å². The average molecular weight is 321 g/mol. The molecule has 1 fully saturated rings. The third-order valence-electron chi connectivity index (χ3n) is 4.69. The smallest absolute Gasteiger partial charge is 0.259 e. The summed E-state index contributed by atoms with van der Waals surface area (Å²) in [6.45, 7) is 5.15. The van der Waals surface area contributed by atoms with Crippen LogP contribution in [0.2, 0.25) is 0 Å². The number of fused-ring (bicyclic) bond motifs is 1. The normalized spacial score (nSPS) is 18.3. The number of thioether (sulfide) groups is 1. The molecule has 3 rings (SSSR count). The Morgan fingerprint density at radius 3 is 2.59 bits per heavy atom. The molecule has 1 saturated heterocycles. The van der Waals surface area contributed by atoms with E-state index in [0.29, 0.717) is 0 Å². The highest BCUT2D eigenvalue weighted by Crippen LogP contribution is 2.28. The third-order valence-corrected chi connectivity index (χ3v) is 5.64. The van der Waals surface area contributed by atoms with E-state index in [0.717, 1.165) is 54.8 Å². The molecule has 0 amide bonds. The molecule has 22 heavy (non-hydrogen) atoms. The Balaban J connectivity index is 1.94. The summed E-state index contributed by atoms with van der Waals surface area (Å²) in [5, 5.41) is 0.934. The lowest BCUT2D eigenvalue weighted by molar-refractivity contribution is 0.620. The summed E-state index contributed by atoms with van der Waals surface area (Å²) in [7, 11) is 0. The number of hydrogen-bond acceptors (Lipinski definition) is 4. The van der Waals surface area contributed by atoms with Gasteiger partial charge in [-0.1, -0.05) is 44.4 Å². The number of hydrogen-bond donors (Lipinski definition) is 0. The Kier molecular flexibility index (Phi) is 5.45. The lowest BCUT2D eigenvalue weighted by atomic mass is 10.1. The highest BCUT2D eigenvalue weighted by atomic mass is 32.2. The zero-order chi connectivity index (χ0) is 15.4. The molecule has 1 aromatic heterocycles. The summed E-state index contributed by atoms with van der Waals surface area (Å²) < 4.78 is 1.90. The van der Waals surface area contributed by atoms with Crippen LogP contribution in [0.15, 0.2) is 9.95 Å². The minimum Gasteiger partial charge on any atom is -0.356 e. The number of anilines is 1. The molecule has 0 spiro atoms. The van der Waals surface area contributed by atoms with Crippen LogP contribution < -0.4 is 10.5 Å². The largest absolute Gasteiger partial charge is 0.356 e. The van der Waals surface area contributed by atoms with Crippen LogP contribution in [0.4, 0.5) is 5.82 Å². The molecule has 122 valence electrons. The zero-order valence-corrected chi connectivity index (χ0v) is 14.5. The molecule has 0 N–H and O–H groups in total. The highest BCUT2D eigenvalue weighted by Gasteiger charge is 2.24.